The molecule has 2 atom stereocenters. The van der Waals surface area contributed by atoms with Gasteiger partial charge in [0.15, 0.2) is 0 Å². The van der Waals surface area contributed by atoms with Crippen molar-refractivity contribution >= 4 is 5.82 Å². The molecule has 0 aliphatic heterocycles. The third kappa shape index (κ3) is 2.71. The summed E-state index contributed by atoms with van der Waals surface area (Å²) in [7, 11) is 0. The van der Waals surface area contributed by atoms with Gasteiger partial charge in [-0.3, -0.25) is 0 Å². The SMILES string of the molecule is Cc1cc(NCC2CCCC2C)nc(C)n1. The maximum Gasteiger partial charge on any atom is 0.129 e. The van der Waals surface area contributed by atoms with Crippen molar-refractivity contribution in [2.24, 2.45) is 11.8 Å². The molecular formula is C13H21N3. The first kappa shape index (κ1) is 11.4. The normalized spacial score (nSPS) is 24.7. The maximum atomic E-state index is 4.40. The zero-order chi connectivity index (χ0) is 11.5. The first-order valence-electron chi connectivity index (χ1n) is 6.21. The van der Waals surface area contributed by atoms with Crippen LogP contribution in [0.1, 0.15) is 37.7 Å². The van der Waals surface area contributed by atoms with Gasteiger partial charge < -0.3 is 5.32 Å². The highest BCUT2D eigenvalue weighted by atomic mass is 15.0. The van der Waals surface area contributed by atoms with Crippen LogP contribution in [0.3, 0.4) is 0 Å². The van der Waals surface area contributed by atoms with E-state index in [1.54, 1.807) is 0 Å². The van der Waals surface area contributed by atoms with Crippen molar-refractivity contribution < 1.29 is 0 Å². The van der Waals surface area contributed by atoms with Gasteiger partial charge in [-0.05, 0) is 32.1 Å². The van der Waals surface area contributed by atoms with Crippen LogP contribution in [-0.2, 0) is 0 Å². The average molecular weight is 219 g/mol. The fourth-order valence-electron chi connectivity index (χ4n) is 2.57. The predicted octanol–water partition coefficient (Wildman–Crippen LogP) is 2.94. The van der Waals surface area contributed by atoms with Gasteiger partial charge in [0.2, 0.25) is 0 Å². The zero-order valence-corrected chi connectivity index (χ0v) is 10.5. The quantitative estimate of drug-likeness (QED) is 0.849. The molecule has 2 rings (SSSR count). The highest BCUT2D eigenvalue weighted by Crippen LogP contribution is 2.31. The third-order valence-corrected chi connectivity index (χ3v) is 3.55. The summed E-state index contributed by atoms with van der Waals surface area (Å²) in [4.78, 5) is 8.68. The monoisotopic (exact) mass is 219 g/mol. The molecule has 1 aliphatic rings. The van der Waals surface area contributed by atoms with Crippen LogP contribution in [0.2, 0.25) is 0 Å². The van der Waals surface area contributed by atoms with Gasteiger partial charge in [0.25, 0.3) is 0 Å². The number of nitrogens with one attached hydrogen (secondary N) is 1. The summed E-state index contributed by atoms with van der Waals surface area (Å²) in [6.45, 7) is 7.36. The summed E-state index contributed by atoms with van der Waals surface area (Å²) in [6.07, 6.45) is 4.13. The van der Waals surface area contributed by atoms with Crippen LogP contribution in [0.15, 0.2) is 6.07 Å². The molecule has 3 heteroatoms. The molecule has 1 aromatic rings. The van der Waals surface area contributed by atoms with E-state index in [0.717, 1.165) is 35.7 Å². The molecule has 1 N–H and O–H groups in total. The molecule has 1 saturated carbocycles. The second-order valence-electron chi connectivity index (χ2n) is 4.99. The molecule has 1 aliphatic carbocycles. The molecule has 16 heavy (non-hydrogen) atoms. The largest absolute Gasteiger partial charge is 0.370 e. The Balaban J connectivity index is 1.94. The number of rotatable bonds is 3. The third-order valence-electron chi connectivity index (χ3n) is 3.55. The number of hydrogen-bond acceptors (Lipinski definition) is 3. The molecule has 0 radical (unpaired) electrons. The minimum atomic E-state index is 0.815. The van der Waals surface area contributed by atoms with Crippen LogP contribution >= 0.6 is 0 Å². The molecule has 1 aromatic heterocycles. The van der Waals surface area contributed by atoms with Gasteiger partial charge in [-0.25, -0.2) is 9.97 Å². The van der Waals surface area contributed by atoms with Crippen LogP contribution in [0.5, 0.6) is 0 Å². The molecule has 0 saturated heterocycles. The average Bonchev–Trinajstić information content (AvgIpc) is 2.59. The second-order valence-corrected chi connectivity index (χ2v) is 4.99. The van der Waals surface area contributed by atoms with Crippen LogP contribution in [-0.4, -0.2) is 16.5 Å². The van der Waals surface area contributed by atoms with E-state index in [1.165, 1.54) is 19.3 Å². The Kier molecular flexibility index (Phi) is 3.42. The highest BCUT2D eigenvalue weighted by Gasteiger charge is 2.22. The lowest BCUT2D eigenvalue weighted by molar-refractivity contribution is 0.439. The maximum absolute atomic E-state index is 4.40. The fourth-order valence-corrected chi connectivity index (χ4v) is 2.57. The number of hydrogen-bond donors (Lipinski definition) is 1. The standard InChI is InChI=1S/C13H21N3/c1-9-5-4-6-12(9)8-14-13-7-10(2)15-11(3)16-13/h7,9,12H,4-6,8H2,1-3H3,(H,14,15,16). The Morgan fingerprint density at radius 3 is 2.75 bits per heavy atom. The van der Waals surface area contributed by atoms with E-state index in [9.17, 15) is 0 Å². The molecule has 3 nitrogen and oxygen atoms in total. The molecule has 0 spiro atoms. The summed E-state index contributed by atoms with van der Waals surface area (Å²) >= 11 is 0. The van der Waals surface area contributed by atoms with Crippen LogP contribution in [0.4, 0.5) is 5.82 Å². The molecule has 0 aromatic carbocycles. The van der Waals surface area contributed by atoms with Crippen molar-refractivity contribution in [1.29, 1.82) is 0 Å². The lowest BCUT2D eigenvalue weighted by Crippen LogP contribution is -2.17. The summed E-state index contributed by atoms with van der Waals surface area (Å²) in [5, 5.41) is 3.45. The van der Waals surface area contributed by atoms with E-state index in [-0.39, 0.29) is 0 Å². The summed E-state index contributed by atoms with van der Waals surface area (Å²) < 4.78 is 0. The van der Waals surface area contributed by atoms with Gasteiger partial charge in [-0.15, -0.1) is 0 Å². The van der Waals surface area contributed by atoms with Crippen molar-refractivity contribution in [3.63, 3.8) is 0 Å². The van der Waals surface area contributed by atoms with Crippen molar-refractivity contribution in [3.05, 3.63) is 17.6 Å². The Labute approximate surface area is 97.7 Å². The summed E-state index contributed by atoms with van der Waals surface area (Å²) in [6, 6.07) is 2.02. The van der Waals surface area contributed by atoms with E-state index < -0.39 is 0 Å². The molecule has 1 heterocycles. The van der Waals surface area contributed by atoms with Crippen molar-refractivity contribution in [1.82, 2.24) is 9.97 Å². The first-order valence-corrected chi connectivity index (χ1v) is 6.21. The summed E-state index contributed by atoms with van der Waals surface area (Å²) in [5.41, 5.74) is 1.04. The molecule has 1 fully saturated rings. The van der Waals surface area contributed by atoms with E-state index in [1.807, 2.05) is 19.9 Å². The van der Waals surface area contributed by atoms with Gasteiger partial charge in [0.1, 0.15) is 11.6 Å². The first-order chi connectivity index (χ1) is 7.65. The minimum Gasteiger partial charge on any atom is -0.370 e. The zero-order valence-electron chi connectivity index (χ0n) is 10.5. The molecule has 88 valence electrons. The van der Waals surface area contributed by atoms with Crippen LogP contribution in [0.25, 0.3) is 0 Å². The van der Waals surface area contributed by atoms with Crippen LogP contribution in [0, 0.1) is 25.7 Å². The van der Waals surface area contributed by atoms with Gasteiger partial charge in [-0.1, -0.05) is 19.8 Å². The van der Waals surface area contributed by atoms with Gasteiger partial charge >= 0.3 is 0 Å². The van der Waals surface area contributed by atoms with Crippen molar-refractivity contribution in [2.75, 3.05) is 11.9 Å². The number of anilines is 1. The Bertz CT molecular complexity index is 342. The van der Waals surface area contributed by atoms with Crippen molar-refractivity contribution in [3.8, 4) is 0 Å². The Morgan fingerprint density at radius 2 is 2.12 bits per heavy atom. The van der Waals surface area contributed by atoms with Gasteiger partial charge in [0, 0.05) is 18.3 Å². The fraction of sp³-hybridized carbons (Fsp3) is 0.692. The Morgan fingerprint density at radius 1 is 1.31 bits per heavy atom. The lowest BCUT2D eigenvalue weighted by atomic mass is 9.98. The van der Waals surface area contributed by atoms with E-state index >= 15 is 0 Å². The van der Waals surface area contributed by atoms with Crippen LogP contribution < -0.4 is 5.32 Å². The Hall–Kier alpha value is -1.12. The molecule has 0 amide bonds. The van der Waals surface area contributed by atoms with Gasteiger partial charge in [0.05, 0.1) is 0 Å². The number of aromatic nitrogens is 2. The van der Waals surface area contributed by atoms with E-state index in [4.69, 9.17) is 0 Å². The smallest absolute Gasteiger partial charge is 0.129 e. The highest BCUT2D eigenvalue weighted by molar-refractivity contribution is 5.35. The van der Waals surface area contributed by atoms with E-state index in [0.29, 0.717) is 0 Å². The second kappa shape index (κ2) is 4.81. The topological polar surface area (TPSA) is 37.8 Å². The molecule has 0 bridgehead atoms. The van der Waals surface area contributed by atoms with Gasteiger partial charge in [-0.2, -0.15) is 0 Å². The lowest BCUT2D eigenvalue weighted by Gasteiger charge is -2.16. The minimum absolute atomic E-state index is 0.815. The molecule has 2 unspecified atom stereocenters. The summed E-state index contributed by atoms with van der Waals surface area (Å²) in [5.74, 6) is 3.50. The van der Waals surface area contributed by atoms with Crippen molar-refractivity contribution in [2.45, 2.75) is 40.0 Å². The predicted molar refractivity (Wildman–Crippen MR) is 66.5 cm³/mol. The van der Waals surface area contributed by atoms with E-state index in [2.05, 4.69) is 22.2 Å². The number of aryl methyl sites for hydroxylation is 2. The number of nitrogens with zero attached hydrogens (tertiary/aromatic N) is 2. The molecular weight excluding hydrogens is 198 g/mol.